The lowest BCUT2D eigenvalue weighted by molar-refractivity contribution is 0.464. The summed E-state index contributed by atoms with van der Waals surface area (Å²) in [6.07, 6.45) is 4.42. The summed E-state index contributed by atoms with van der Waals surface area (Å²) in [4.78, 5) is 0. The monoisotopic (exact) mass is 212 g/mol. The Kier molecular flexibility index (Phi) is 4.28. The Hall–Kier alpha value is -0.200. The van der Waals surface area contributed by atoms with Crippen molar-refractivity contribution in [1.82, 2.24) is 5.32 Å². The second-order valence-electron chi connectivity index (χ2n) is 4.16. The van der Waals surface area contributed by atoms with Gasteiger partial charge in [-0.2, -0.15) is 17.0 Å². The van der Waals surface area contributed by atoms with Crippen molar-refractivity contribution in [3.05, 3.63) is 0 Å². The van der Waals surface area contributed by atoms with Crippen molar-refractivity contribution in [3.8, 4) is 6.07 Å². The lowest BCUT2D eigenvalue weighted by atomic mass is 10.0. The minimum absolute atomic E-state index is 0.231. The Balaban J connectivity index is 2.45. The van der Waals surface area contributed by atoms with Crippen LogP contribution in [0.15, 0.2) is 0 Å². The number of hydrogen-bond donors (Lipinski definition) is 1. The second-order valence-corrected chi connectivity index (χ2v) is 5.91. The maximum Gasteiger partial charge on any atom is 0.107 e. The van der Waals surface area contributed by atoms with Crippen LogP contribution in [0.5, 0.6) is 0 Å². The number of thioether (sulfide) groups is 1. The predicted molar refractivity (Wildman–Crippen MR) is 62.4 cm³/mol. The summed E-state index contributed by atoms with van der Waals surface area (Å²) < 4.78 is 0. The van der Waals surface area contributed by atoms with Crippen molar-refractivity contribution in [3.63, 3.8) is 0 Å². The maximum absolute atomic E-state index is 9.10. The first-order valence-corrected chi connectivity index (χ1v) is 6.35. The van der Waals surface area contributed by atoms with Gasteiger partial charge in [-0.05, 0) is 32.7 Å². The summed E-state index contributed by atoms with van der Waals surface area (Å²) in [6, 6.07) is 2.42. The van der Waals surface area contributed by atoms with Gasteiger partial charge >= 0.3 is 0 Å². The zero-order valence-electron chi connectivity index (χ0n) is 9.34. The molecule has 80 valence electrons. The van der Waals surface area contributed by atoms with Crippen molar-refractivity contribution in [2.45, 2.75) is 55.6 Å². The maximum atomic E-state index is 9.10. The van der Waals surface area contributed by atoms with E-state index in [-0.39, 0.29) is 5.54 Å². The fraction of sp³-hybridized carbons (Fsp3) is 0.909. The van der Waals surface area contributed by atoms with Gasteiger partial charge in [-0.15, -0.1) is 0 Å². The highest BCUT2D eigenvalue weighted by molar-refractivity contribution is 8.00. The largest absolute Gasteiger partial charge is 0.302 e. The molecule has 0 aliphatic heterocycles. The summed E-state index contributed by atoms with van der Waals surface area (Å²) in [5.74, 6) is 0. The second kappa shape index (κ2) is 5.04. The molecule has 0 saturated heterocycles. The van der Waals surface area contributed by atoms with E-state index >= 15 is 0 Å². The highest BCUT2D eigenvalue weighted by atomic mass is 32.2. The third kappa shape index (κ3) is 2.65. The van der Waals surface area contributed by atoms with Crippen molar-refractivity contribution in [2.24, 2.45) is 0 Å². The standard InChI is InChI=1S/C11H20N2S/c1-4-9(2)14-10-5-6-11(7-10,8-12)13-3/h9-10,13H,4-7H2,1-3H3. The fourth-order valence-corrected chi connectivity index (χ4v) is 3.41. The molecule has 1 N–H and O–H groups in total. The third-order valence-electron chi connectivity index (χ3n) is 3.16. The molecule has 0 radical (unpaired) electrons. The van der Waals surface area contributed by atoms with Crippen LogP contribution in [-0.2, 0) is 0 Å². The van der Waals surface area contributed by atoms with Gasteiger partial charge in [0.2, 0.25) is 0 Å². The Morgan fingerprint density at radius 3 is 2.86 bits per heavy atom. The molecule has 1 fully saturated rings. The zero-order chi connectivity index (χ0) is 10.6. The van der Waals surface area contributed by atoms with E-state index in [1.54, 1.807) is 0 Å². The quantitative estimate of drug-likeness (QED) is 0.778. The molecular weight excluding hydrogens is 192 g/mol. The number of rotatable bonds is 4. The Morgan fingerprint density at radius 2 is 2.43 bits per heavy atom. The van der Waals surface area contributed by atoms with Gasteiger partial charge in [0.1, 0.15) is 5.54 Å². The topological polar surface area (TPSA) is 35.8 Å². The molecule has 3 atom stereocenters. The molecule has 1 aliphatic rings. The van der Waals surface area contributed by atoms with Crippen LogP contribution in [0.3, 0.4) is 0 Å². The molecule has 0 amide bonds. The first kappa shape index (κ1) is 11.9. The van der Waals surface area contributed by atoms with E-state index in [4.69, 9.17) is 5.26 Å². The summed E-state index contributed by atoms with van der Waals surface area (Å²) in [5.41, 5.74) is -0.231. The first-order valence-electron chi connectivity index (χ1n) is 5.41. The highest BCUT2D eigenvalue weighted by Crippen LogP contribution is 2.38. The number of hydrogen-bond acceptors (Lipinski definition) is 3. The van der Waals surface area contributed by atoms with E-state index in [9.17, 15) is 0 Å². The molecule has 0 heterocycles. The number of nitrogens with one attached hydrogen (secondary N) is 1. The van der Waals surface area contributed by atoms with Crippen LogP contribution in [0.1, 0.15) is 39.5 Å². The summed E-state index contributed by atoms with van der Waals surface area (Å²) in [5, 5.41) is 13.7. The lowest BCUT2D eigenvalue weighted by Crippen LogP contribution is -2.38. The molecule has 14 heavy (non-hydrogen) atoms. The van der Waals surface area contributed by atoms with Gasteiger partial charge in [0.15, 0.2) is 0 Å². The SMILES string of the molecule is CCC(C)SC1CCC(C#N)(NC)C1. The van der Waals surface area contributed by atoms with E-state index in [1.807, 2.05) is 18.8 Å². The van der Waals surface area contributed by atoms with Crippen LogP contribution in [0, 0.1) is 11.3 Å². The minimum Gasteiger partial charge on any atom is -0.302 e. The predicted octanol–water partition coefficient (Wildman–Crippen LogP) is 2.55. The van der Waals surface area contributed by atoms with Gasteiger partial charge in [-0.1, -0.05) is 13.8 Å². The van der Waals surface area contributed by atoms with Crippen LogP contribution in [0.2, 0.25) is 0 Å². The number of nitrogens with zero attached hydrogens (tertiary/aromatic N) is 1. The summed E-state index contributed by atoms with van der Waals surface area (Å²) >= 11 is 2.05. The highest BCUT2D eigenvalue weighted by Gasteiger charge is 2.38. The molecule has 2 nitrogen and oxygen atoms in total. The van der Waals surface area contributed by atoms with Gasteiger partial charge in [0.25, 0.3) is 0 Å². The van der Waals surface area contributed by atoms with E-state index in [0.717, 1.165) is 18.1 Å². The van der Waals surface area contributed by atoms with Crippen LogP contribution in [0.25, 0.3) is 0 Å². The summed E-state index contributed by atoms with van der Waals surface area (Å²) in [6.45, 7) is 4.50. The van der Waals surface area contributed by atoms with E-state index in [2.05, 4.69) is 25.2 Å². The van der Waals surface area contributed by atoms with Gasteiger partial charge < -0.3 is 5.32 Å². The minimum atomic E-state index is -0.231. The average Bonchev–Trinajstić information content (AvgIpc) is 2.62. The van der Waals surface area contributed by atoms with Crippen LogP contribution in [-0.4, -0.2) is 23.1 Å². The Bertz CT molecular complexity index is 224. The molecule has 1 aliphatic carbocycles. The number of nitriles is 1. The molecule has 1 rings (SSSR count). The molecule has 0 aromatic carbocycles. The Labute approximate surface area is 91.4 Å². The molecule has 1 saturated carbocycles. The van der Waals surface area contributed by atoms with Gasteiger partial charge in [-0.3, -0.25) is 0 Å². The van der Waals surface area contributed by atoms with Gasteiger partial charge in [0.05, 0.1) is 6.07 Å². The smallest absolute Gasteiger partial charge is 0.107 e. The molecular formula is C11H20N2S. The van der Waals surface area contributed by atoms with Crippen LogP contribution < -0.4 is 5.32 Å². The van der Waals surface area contributed by atoms with Gasteiger partial charge in [0, 0.05) is 10.5 Å². The summed E-state index contributed by atoms with van der Waals surface area (Å²) in [7, 11) is 1.90. The lowest BCUT2D eigenvalue weighted by Gasteiger charge is -2.20. The van der Waals surface area contributed by atoms with Gasteiger partial charge in [-0.25, -0.2) is 0 Å². The van der Waals surface area contributed by atoms with E-state index in [1.165, 1.54) is 12.8 Å². The average molecular weight is 212 g/mol. The zero-order valence-corrected chi connectivity index (χ0v) is 10.2. The Morgan fingerprint density at radius 1 is 1.71 bits per heavy atom. The van der Waals surface area contributed by atoms with E-state index in [0.29, 0.717) is 5.25 Å². The third-order valence-corrected chi connectivity index (χ3v) is 4.75. The molecule has 0 spiro atoms. The van der Waals surface area contributed by atoms with E-state index < -0.39 is 0 Å². The van der Waals surface area contributed by atoms with Crippen LogP contribution in [0.4, 0.5) is 0 Å². The van der Waals surface area contributed by atoms with Crippen molar-refractivity contribution < 1.29 is 0 Å². The van der Waals surface area contributed by atoms with Crippen molar-refractivity contribution in [2.75, 3.05) is 7.05 Å². The first-order chi connectivity index (χ1) is 6.65. The molecule has 0 bridgehead atoms. The molecule has 0 aromatic rings. The fourth-order valence-electron chi connectivity index (χ4n) is 1.93. The van der Waals surface area contributed by atoms with Crippen molar-refractivity contribution >= 4 is 11.8 Å². The van der Waals surface area contributed by atoms with Crippen LogP contribution >= 0.6 is 11.8 Å². The molecule has 3 unspecified atom stereocenters. The molecule has 0 aromatic heterocycles. The normalized spacial score (nSPS) is 34.0. The molecule has 3 heteroatoms. The van der Waals surface area contributed by atoms with Crippen molar-refractivity contribution in [1.29, 1.82) is 5.26 Å².